The standard InChI is InChI=1S/C22H27N3O/c1-5-19-9-6-15(2)24(19)14-22(26)21-12-16(3)25(17(21)4)20-10-7-18(13-23)8-11-20/h7-8,10-12,15,19H,5-6,9,14H2,1-4H3. The molecule has 4 nitrogen and oxygen atoms in total. The normalized spacial score (nSPS) is 20.3. The quantitative estimate of drug-likeness (QED) is 0.751. The van der Waals surface area contributed by atoms with Crippen LogP contribution in [-0.4, -0.2) is 33.9 Å². The Labute approximate surface area is 156 Å². The monoisotopic (exact) mass is 349 g/mol. The molecule has 0 spiro atoms. The molecule has 0 N–H and O–H groups in total. The van der Waals surface area contributed by atoms with Gasteiger partial charge in [0.1, 0.15) is 0 Å². The molecule has 2 aromatic rings. The number of rotatable bonds is 5. The molecule has 2 atom stereocenters. The molecule has 1 fully saturated rings. The second-order valence-electron chi connectivity index (χ2n) is 7.36. The Balaban J connectivity index is 1.87. The van der Waals surface area contributed by atoms with Crippen molar-refractivity contribution in [2.75, 3.05) is 6.54 Å². The van der Waals surface area contributed by atoms with Crippen LogP contribution in [-0.2, 0) is 0 Å². The number of aromatic nitrogens is 1. The molecule has 1 aliphatic heterocycles. The maximum absolute atomic E-state index is 13.0. The van der Waals surface area contributed by atoms with E-state index in [-0.39, 0.29) is 5.78 Å². The van der Waals surface area contributed by atoms with E-state index < -0.39 is 0 Å². The first-order valence-corrected chi connectivity index (χ1v) is 9.44. The van der Waals surface area contributed by atoms with Gasteiger partial charge in [0.25, 0.3) is 0 Å². The van der Waals surface area contributed by atoms with Crippen LogP contribution in [0.3, 0.4) is 0 Å². The van der Waals surface area contributed by atoms with Gasteiger partial charge in [-0.3, -0.25) is 9.69 Å². The smallest absolute Gasteiger partial charge is 0.178 e. The van der Waals surface area contributed by atoms with Crippen molar-refractivity contribution in [2.24, 2.45) is 0 Å². The lowest BCUT2D eigenvalue weighted by molar-refractivity contribution is 0.0888. The van der Waals surface area contributed by atoms with E-state index in [1.54, 1.807) is 0 Å². The van der Waals surface area contributed by atoms with E-state index in [2.05, 4.69) is 29.4 Å². The van der Waals surface area contributed by atoms with Crippen LogP contribution < -0.4 is 0 Å². The average molecular weight is 349 g/mol. The van der Waals surface area contributed by atoms with Crippen molar-refractivity contribution in [1.82, 2.24) is 9.47 Å². The third-order valence-corrected chi connectivity index (χ3v) is 5.74. The number of carbonyl (C=O) groups is 1. The Kier molecular flexibility index (Phi) is 5.29. The largest absolute Gasteiger partial charge is 0.318 e. The third-order valence-electron chi connectivity index (χ3n) is 5.74. The summed E-state index contributed by atoms with van der Waals surface area (Å²) < 4.78 is 2.10. The molecular weight excluding hydrogens is 322 g/mol. The summed E-state index contributed by atoms with van der Waals surface area (Å²) in [5.41, 5.74) is 4.44. The molecule has 1 aliphatic rings. The number of Topliss-reactive ketones (excluding diaryl/α,β-unsaturated/α-hetero) is 1. The molecule has 3 rings (SSSR count). The summed E-state index contributed by atoms with van der Waals surface area (Å²) in [5, 5.41) is 8.98. The lowest BCUT2D eigenvalue weighted by Crippen LogP contribution is -2.38. The van der Waals surface area contributed by atoms with Crippen LogP contribution in [0.4, 0.5) is 0 Å². The summed E-state index contributed by atoms with van der Waals surface area (Å²) in [4.78, 5) is 15.4. The Morgan fingerprint density at radius 2 is 1.92 bits per heavy atom. The third kappa shape index (κ3) is 3.32. The number of likely N-dealkylation sites (tertiary alicyclic amines) is 1. The number of hydrogen-bond donors (Lipinski definition) is 0. The van der Waals surface area contributed by atoms with Crippen molar-refractivity contribution < 1.29 is 4.79 Å². The van der Waals surface area contributed by atoms with Gasteiger partial charge < -0.3 is 4.57 Å². The van der Waals surface area contributed by atoms with Crippen LogP contribution in [0.15, 0.2) is 30.3 Å². The van der Waals surface area contributed by atoms with Crippen LogP contribution in [0.2, 0.25) is 0 Å². The van der Waals surface area contributed by atoms with E-state index in [0.717, 1.165) is 29.1 Å². The number of carbonyl (C=O) groups excluding carboxylic acids is 1. The zero-order valence-electron chi connectivity index (χ0n) is 16.1. The highest BCUT2D eigenvalue weighted by molar-refractivity contribution is 5.99. The minimum Gasteiger partial charge on any atom is -0.318 e. The topological polar surface area (TPSA) is 49.0 Å². The minimum absolute atomic E-state index is 0.199. The molecule has 1 aromatic carbocycles. The van der Waals surface area contributed by atoms with Gasteiger partial charge in [-0.1, -0.05) is 6.92 Å². The lowest BCUT2D eigenvalue weighted by Gasteiger charge is -2.26. The molecule has 136 valence electrons. The van der Waals surface area contributed by atoms with Crippen molar-refractivity contribution in [1.29, 1.82) is 5.26 Å². The number of hydrogen-bond acceptors (Lipinski definition) is 3. The maximum atomic E-state index is 13.0. The van der Waals surface area contributed by atoms with Crippen molar-refractivity contribution in [2.45, 2.75) is 59.0 Å². The van der Waals surface area contributed by atoms with Gasteiger partial charge >= 0.3 is 0 Å². The summed E-state index contributed by atoms with van der Waals surface area (Å²) in [6.45, 7) is 8.95. The zero-order chi connectivity index (χ0) is 18.8. The average Bonchev–Trinajstić information content (AvgIpc) is 3.14. The molecule has 26 heavy (non-hydrogen) atoms. The van der Waals surface area contributed by atoms with Crippen LogP contribution in [0, 0.1) is 25.2 Å². The van der Waals surface area contributed by atoms with Crippen LogP contribution in [0.1, 0.15) is 60.4 Å². The summed E-state index contributed by atoms with van der Waals surface area (Å²) in [5.74, 6) is 0.199. The molecule has 1 saturated heterocycles. The Hall–Kier alpha value is -2.38. The number of nitriles is 1. The molecule has 1 aromatic heterocycles. The van der Waals surface area contributed by atoms with E-state index in [9.17, 15) is 4.79 Å². The van der Waals surface area contributed by atoms with E-state index in [4.69, 9.17) is 5.26 Å². The van der Waals surface area contributed by atoms with Crippen molar-refractivity contribution in [3.8, 4) is 11.8 Å². The van der Waals surface area contributed by atoms with Crippen molar-refractivity contribution >= 4 is 5.78 Å². The Bertz CT molecular complexity index is 842. The van der Waals surface area contributed by atoms with Crippen molar-refractivity contribution in [3.63, 3.8) is 0 Å². The second kappa shape index (κ2) is 7.47. The van der Waals surface area contributed by atoms with Gasteiger partial charge in [0, 0.05) is 34.7 Å². The molecule has 0 saturated carbocycles. The fourth-order valence-corrected chi connectivity index (χ4v) is 4.23. The Morgan fingerprint density at radius 1 is 1.23 bits per heavy atom. The highest BCUT2D eigenvalue weighted by atomic mass is 16.1. The first-order chi connectivity index (χ1) is 12.5. The number of aryl methyl sites for hydroxylation is 1. The summed E-state index contributed by atoms with van der Waals surface area (Å²) in [6.07, 6.45) is 3.47. The van der Waals surface area contributed by atoms with Gasteiger partial charge in [-0.15, -0.1) is 0 Å². The fourth-order valence-electron chi connectivity index (χ4n) is 4.23. The molecule has 2 unspecified atom stereocenters. The van der Waals surface area contributed by atoms with Crippen molar-refractivity contribution in [3.05, 3.63) is 52.8 Å². The molecule has 0 aliphatic carbocycles. The predicted molar refractivity (Wildman–Crippen MR) is 104 cm³/mol. The lowest BCUT2D eigenvalue weighted by atomic mass is 10.1. The number of nitrogens with zero attached hydrogens (tertiary/aromatic N) is 3. The number of ketones is 1. The van der Waals surface area contributed by atoms with Gasteiger partial charge in [0.2, 0.25) is 0 Å². The Morgan fingerprint density at radius 3 is 2.54 bits per heavy atom. The molecular formula is C22H27N3O. The molecule has 0 amide bonds. The maximum Gasteiger partial charge on any atom is 0.178 e. The van der Waals surface area contributed by atoms with E-state index in [1.807, 2.05) is 44.2 Å². The summed E-state index contributed by atoms with van der Waals surface area (Å²) in [7, 11) is 0. The SMILES string of the molecule is CCC1CCC(C)N1CC(=O)c1cc(C)n(-c2ccc(C#N)cc2)c1C. The minimum atomic E-state index is 0.199. The van der Waals surface area contributed by atoms with Crippen LogP contribution in [0.5, 0.6) is 0 Å². The second-order valence-corrected chi connectivity index (χ2v) is 7.36. The molecule has 0 radical (unpaired) electrons. The fraction of sp³-hybridized carbons (Fsp3) is 0.455. The van der Waals surface area contributed by atoms with Gasteiger partial charge in [0.15, 0.2) is 5.78 Å². The van der Waals surface area contributed by atoms with Crippen LogP contribution in [0.25, 0.3) is 5.69 Å². The zero-order valence-corrected chi connectivity index (χ0v) is 16.1. The highest BCUT2D eigenvalue weighted by Gasteiger charge is 2.31. The van der Waals surface area contributed by atoms with Gasteiger partial charge in [0.05, 0.1) is 18.2 Å². The summed E-state index contributed by atoms with van der Waals surface area (Å²) in [6, 6.07) is 12.6. The highest BCUT2D eigenvalue weighted by Crippen LogP contribution is 2.27. The molecule has 2 heterocycles. The van der Waals surface area contributed by atoms with E-state index in [1.165, 1.54) is 12.8 Å². The summed E-state index contributed by atoms with van der Waals surface area (Å²) >= 11 is 0. The van der Waals surface area contributed by atoms with Crippen LogP contribution >= 0.6 is 0 Å². The van der Waals surface area contributed by atoms with Gasteiger partial charge in [-0.05, 0) is 70.4 Å². The first-order valence-electron chi connectivity index (χ1n) is 9.44. The predicted octanol–water partition coefficient (Wildman–Crippen LogP) is 4.41. The molecule has 0 bridgehead atoms. The van der Waals surface area contributed by atoms with E-state index in [0.29, 0.717) is 24.2 Å². The number of benzene rings is 1. The first kappa shape index (κ1) is 18.4. The van der Waals surface area contributed by atoms with E-state index >= 15 is 0 Å². The molecule has 4 heteroatoms. The van der Waals surface area contributed by atoms with Gasteiger partial charge in [-0.25, -0.2) is 0 Å². The van der Waals surface area contributed by atoms with Gasteiger partial charge in [-0.2, -0.15) is 5.26 Å².